The molecule has 1 heterocycles. The number of hydrogen-bond acceptors (Lipinski definition) is 4. The predicted octanol–water partition coefficient (Wildman–Crippen LogP) is 3.34. The van der Waals surface area contributed by atoms with Crippen LogP contribution < -0.4 is 14.8 Å². The largest absolute Gasteiger partial charge is 0.493 e. The van der Waals surface area contributed by atoms with Gasteiger partial charge in [0, 0.05) is 12.5 Å². The molecule has 0 aromatic heterocycles. The van der Waals surface area contributed by atoms with Gasteiger partial charge >= 0.3 is 0 Å². The second-order valence-corrected chi connectivity index (χ2v) is 7.68. The molecule has 0 radical (unpaired) electrons. The van der Waals surface area contributed by atoms with E-state index >= 15 is 0 Å². The van der Waals surface area contributed by atoms with Gasteiger partial charge in [0.25, 0.3) is 0 Å². The second-order valence-electron chi connectivity index (χ2n) is 7.01. The van der Waals surface area contributed by atoms with Gasteiger partial charge in [0.1, 0.15) is 0 Å². The van der Waals surface area contributed by atoms with E-state index in [4.69, 9.17) is 9.47 Å². The Kier molecular flexibility index (Phi) is 6.87. The van der Waals surface area contributed by atoms with Crippen molar-refractivity contribution in [1.29, 1.82) is 0 Å². The highest BCUT2D eigenvalue weighted by molar-refractivity contribution is 7.27. The number of hydrogen-bond donors (Lipinski definition) is 0. The van der Waals surface area contributed by atoms with Crippen LogP contribution in [0.5, 0.6) is 11.5 Å². The molecule has 3 rings (SSSR count). The predicted molar refractivity (Wildman–Crippen MR) is 113 cm³/mol. The number of benzene rings is 2. The Balaban J connectivity index is 1.56. The number of methoxy groups -OCH3 is 2. The fourth-order valence-corrected chi connectivity index (χ4v) is 3.88. The summed E-state index contributed by atoms with van der Waals surface area (Å²) < 4.78 is 10.8. The monoisotopic (exact) mass is 385 g/mol. The molecule has 2 aromatic rings. The first-order valence-electron chi connectivity index (χ1n) is 9.44. The fraction of sp³-hybridized carbons (Fsp3) is 0.409. The Labute approximate surface area is 164 Å². The molecule has 0 amide bonds. The van der Waals surface area contributed by atoms with Crippen molar-refractivity contribution in [3.63, 3.8) is 0 Å². The summed E-state index contributed by atoms with van der Waals surface area (Å²) >= 11 is 0. The average Bonchev–Trinajstić information content (AvgIpc) is 2.72. The zero-order valence-electron chi connectivity index (χ0n) is 16.1. The van der Waals surface area contributed by atoms with Gasteiger partial charge in [0.05, 0.1) is 19.8 Å². The number of carbonyl (C=O) groups excluding carboxylic acids is 1. The lowest BCUT2D eigenvalue weighted by Crippen LogP contribution is -2.37. The van der Waals surface area contributed by atoms with Crippen LogP contribution in [0.4, 0.5) is 0 Å². The van der Waals surface area contributed by atoms with E-state index in [1.54, 1.807) is 14.2 Å². The summed E-state index contributed by atoms with van der Waals surface area (Å²) in [6.45, 7) is 2.97. The lowest BCUT2D eigenvalue weighted by molar-refractivity contribution is 0.0837. The maximum atomic E-state index is 13.0. The van der Waals surface area contributed by atoms with Crippen molar-refractivity contribution in [3.05, 3.63) is 53.6 Å². The van der Waals surface area contributed by atoms with Crippen molar-refractivity contribution in [2.24, 2.45) is 5.92 Å². The van der Waals surface area contributed by atoms with Gasteiger partial charge in [-0.25, -0.2) is 0 Å². The summed E-state index contributed by atoms with van der Waals surface area (Å²) in [4.78, 5) is 15.5. The molecule has 0 aliphatic carbocycles. The van der Waals surface area contributed by atoms with Crippen LogP contribution in [-0.4, -0.2) is 44.5 Å². The first-order chi connectivity index (χ1) is 13.1. The van der Waals surface area contributed by atoms with Crippen molar-refractivity contribution in [2.45, 2.75) is 19.3 Å². The van der Waals surface area contributed by atoms with E-state index in [1.165, 1.54) is 10.9 Å². The highest BCUT2D eigenvalue weighted by Gasteiger charge is 2.28. The van der Waals surface area contributed by atoms with Gasteiger partial charge in [0.2, 0.25) is 0 Å². The number of piperidine rings is 1. The SMILES string of the molecule is COc1cccc(C(=O)C2CCN(CCc3ccc(P)cc3)CC2)c1OC. The van der Waals surface area contributed by atoms with Gasteiger partial charge in [-0.3, -0.25) is 4.79 Å². The molecule has 4 nitrogen and oxygen atoms in total. The van der Waals surface area contributed by atoms with Crippen LogP contribution in [0.25, 0.3) is 0 Å². The van der Waals surface area contributed by atoms with E-state index < -0.39 is 0 Å². The quantitative estimate of drug-likeness (QED) is 0.541. The van der Waals surface area contributed by atoms with E-state index in [0.717, 1.165) is 38.9 Å². The molecule has 1 saturated heterocycles. The molecule has 0 bridgehead atoms. The Morgan fingerprint density at radius 3 is 2.41 bits per heavy atom. The van der Waals surface area contributed by atoms with Gasteiger partial charge in [-0.05, 0) is 55.4 Å². The Morgan fingerprint density at radius 2 is 1.78 bits per heavy atom. The van der Waals surface area contributed by atoms with Gasteiger partial charge in [-0.1, -0.05) is 30.3 Å². The summed E-state index contributed by atoms with van der Waals surface area (Å²) in [5, 5.41) is 1.21. The number of Topliss-reactive ketones (excluding diaryl/α,β-unsaturated/α-hetero) is 1. The zero-order valence-corrected chi connectivity index (χ0v) is 17.3. The molecule has 1 atom stereocenters. The topological polar surface area (TPSA) is 38.8 Å². The highest BCUT2D eigenvalue weighted by atomic mass is 31.0. The van der Waals surface area contributed by atoms with Crippen LogP contribution in [0.2, 0.25) is 0 Å². The fourth-order valence-electron chi connectivity index (χ4n) is 3.69. The second kappa shape index (κ2) is 9.34. The third-order valence-corrected chi connectivity index (χ3v) is 5.71. The van der Waals surface area contributed by atoms with Crippen molar-refractivity contribution >= 4 is 20.3 Å². The van der Waals surface area contributed by atoms with Crippen LogP contribution in [0.15, 0.2) is 42.5 Å². The molecule has 5 heteroatoms. The summed E-state index contributed by atoms with van der Waals surface area (Å²) in [7, 11) is 5.90. The van der Waals surface area contributed by atoms with Crippen LogP contribution in [0.1, 0.15) is 28.8 Å². The molecule has 0 N–H and O–H groups in total. The summed E-state index contributed by atoms with van der Waals surface area (Å²) in [5.41, 5.74) is 1.99. The van der Waals surface area contributed by atoms with Crippen molar-refractivity contribution < 1.29 is 14.3 Å². The van der Waals surface area contributed by atoms with E-state index in [2.05, 4.69) is 38.4 Å². The lowest BCUT2D eigenvalue weighted by atomic mass is 9.88. The average molecular weight is 385 g/mol. The first kappa shape index (κ1) is 19.9. The Morgan fingerprint density at radius 1 is 1.07 bits per heavy atom. The molecule has 1 unspecified atom stereocenters. The molecular weight excluding hydrogens is 357 g/mol. The number of para-hydroxylation sites is 1. The molecule has 1 fully saturated rings. The number of carbonyl (C=O) groups is 1. The van der Waals surface area contributed by atoms with Crippen molar-refractivity contribution in [2.75, 3.05) is 33.9 Å². The number of ketones is 1. The summed E-state index contributed by atoms with van der Waals surface area (Å²) in [5.74, 6) is 1.38. The third-order valence-electron chi connectivity index (χ3n) is 5.32. The maximum Gasteiger partial charge on any atom is 0.171 e. The van der Waals surface area contributed by atoms with E-state index in [1.807, 2.05) is 18.2 Å². The number of rotatable bonds is 7. The molecular formula is C22H28NO3P. The van der Waals surface area contributed by atoms with Crippen LogP contribution >= 0.6 is 9.24 Å². The highest BCUT2D eigenvalue weighted by Crippen LogP contribution is 2.34. The molecule has 1 aliphatic rings. The summed E-state index contributed by atoms with van der Waals surface area (Å²) in [6, 6.07) is 14.2. The number of likely N-dealkylation sites (tertiary alicyclic amines) is 1. The maximum absolute atomic E-state index is 13.0. The zero-order chi connectivity index (χ0) is 19.2. The molecule has 144 valence electrons. The smallest absolute Gasteiger partial charge is 0.171 e. The Hall–Kier alpha value is -1.90. The van der Waals surface area contributed by atoms with Crippen LogP contribution in [0, 0.1) is 5.92 Å². The minimum atomic E-state index is 0.0543. The first-order valence-corrected chi connectivity index (χ1v) is 10.0. The van der Waals surface area contributed by atoms with E-state index in [0.29, 0.717) is 17.1 Å². The van der Waals surface area contributed by atoms with Crippen molar-refractivity contribution in [1.82, 2.24) is 4.90 Å². The lowest BCUT2D eigenvalue weighted by Gasteiger charge is -2.31. The van der Waals surface area contributed by atoms with Gasteiger partial charge in [-0.15, -0.1) is 9.24 Å². The summed E-state index contributed by atoms with van der Waals surface area (Å²) in [6.07, 6.45) is 2.83. The number of nitrogens with zero attached hydrogens (tertiary/aromatic N) is 1. The minimum absolute atomic E-state index is 0.0543. The van der Waals surface area contributed by atoms with Crippen LogP contribution in [-0.2, 0) is 6.42 Å². The molecule has 27 heavy (non-hydrogen) atoms. The standard InChI is InChI=1S/C22H28NO3P/c1-25-20-5-3-4-19(22(20)26-2)21(24)17-11-14-23(15-12-17)13-10-16-6-8-18(27)9-7-16/h3-9,17H,10-15,27H2,1-2H3. The van der Waals surface area contributed by atoms with Gasteiger partial charge in [0.15, 0.2) is 17.3 Å². The van der Waals surface area contributed by atoms with E-state index in [9.17, 15) is 4.79 Å². The third kappa shape index (κ3) is 4.88. The van der Waals surface area contributed by atoms with Gasteiger partial charge in [-0.2, -0.15) is 0 Å². The molecule has 1 aliphatic heterocycles. The van der Waals surface area contributed by atoms with Crippen molar-refractivity contribution in [3.8, 4) is 11.5 Å². The van der Waals surface area contributed by atoms with Crippen LogP contribution in [0.3, 0.4) is 0 Å². The Bertz CT molecular complexity index is 768. The normalized spacial score (nSPS) is 15.5. The number of ether oxygens (including phenoxy) is 2. The van der Waals surface area contributed by atoms with Gasteiger partial charge < -0.3 is 14.4 Å². The molecule has 0 saturated carbocycles. The minimum Gasteiger partial charge on any atom is -0.493 e. The van der Waals surface area contributed by atoms with E-state index in [-0.39, 0.29) is 11.7 Å². The molecule has 2 aromatic carbocycles. The molecule has 0 spiro atoms.